The summed E-state index contributed by atoms with van der Waals surface area (Å²) in [4.78, 5) is 28.3. The molecule has 1 amide bonds. The van der Waals surface area contributed by atoms with Gasteiger partial charge in [0.1, 0.15) is 5.82 Å². The Hall–Kier alpha value is -2.63. The number of aromatic nitrogens is 2. The number of amides is 1. The lowest BCUT2D eigenvalue weighted by Crippen LogP contribution is -2.47. The van der Waals surface area contributed by atoms with Crippen LogP contribution in [0.4, 0.5) is 11.5 Å². The van der Waals surface area contributed by atoms with Gasteiger partial charge in [0.15, 0.2) is 0 Å². The Balaban J connectivity index is 1.42. The van der Waals surface area contributed by atoms with Gasteiger partial charge < -0.3 is 14.7 Å². The molecule has 27 heavy (non-hydrogen) atoms. The van der Waals surface area contributed by atoms with E-state index in [4.69, 9.17) is 0 Å². The first kappa shape index (κ1) is 17.8. The van der Waals surface area contributed by atoms with Gasteiger partial charge in [0.25, 0.3) is 5.91 Å². The quantitative estimate of drug-likeness (QED) is 0.837. The van der Waals surface area contributed by atoms with E-state index in [0.29, 0.717) is 11.5 Å². The van der Waals surface area contributed by atoms with Gasteiger partial charge in [0, 0.05) is 51.7 Å². The van der Waals surface area contributed by atoms with Crippen molar-refractivity contribution in [2.45, 2.75) is 19.8 Å². The van der Waals surface area contributed by atoms with Crippen LogP contribution < -0.4 is 9.80 Å². The van der Waals surface area contributed by atoms with E-state index in [1.807, 2.05) is 35.5 Å². The first-order valence-electron chi connectivity index (χ1n) is 9.86. The number of rotatable bonds is 3. The zero-order chi connectivity index (χ0) is 18.6. The van der Waals surface area contributed by atoms with Crippen LogP contribution in [0.3, 0.4) is 0 Å². The summed E-state index contributed by atoms with van der Waals surface area (Å²) < 4.78 is 0. The van der Waals surface area contributed by atoms with Gasteiger partial charge in [-0.05, 0) is 37.0 Å². The summed E-state index contributed by atoms with van der Waals surface area (Å²) in [6, 6.07) is 8.02. The lowest BCUT2D eigenvalue weighted by molar-refractivity contribution is 0.0682. The Morgan fingerprint density at radius 3 is 2.63 bits per heavy atom. The number of likely N-dealkylation sites (tertiary alicyclic amines) is 1. The van der Waals surface area contributed by atoms with Crippen LogP contribution in [0.25, 0.3) is 0 Å². The number of carbonyl (C=O) groups excluding carboxylic acids is 1. The average Bonchev–Trinajstić information content (AvgIpc) is 2.74. The highest BCUT2D eigenvalue weighted by Crippen LogP contribution is 2.22. The van der Waals surface area contributed by atoms with Crippen molar-refractivity contribution in [1.29, 1.82) is 0 Å². The zero-order valence-corrected chi connectivity index (χ0v) is 15.9. The lowest BCUT2D eigenvalue weighted by Gasteiger charge is -2.36. The minimum absolute atomic E-state index is 0.114. The average molecular weight is 365 g/mol. The van der Waals surface area contributed by atoms with E-state index < -0.39 is 0 Å². The molecule has 142 valence electrons. The largest absolute Gasteiger partial charge is 0.367 e. The molecule has 2 aliphatic rings. The maximum Gasteiger partial charge on any atom is 0.255 e. The van der Waals surface area contributed by atoms with Gasteiger partial charge in [-0.25, -0.2) is 4.98 Å². The fourth-order valence-electron chi connectivity index (χ4n) is 4.01. The highest BCUT2D eigenvalue weighted by molar-refractivity contribution is 5.94. The molecular weight excluding hydrogens is 338 g/mol. The summed E-state index contributed by atoms with van der Waals surface area (Å²) in [6.07, 6.45) is 7.71. The molecule has 6 nitrogen and oxygen atoms in total. The third kappa shape index (κ3) is 4.04. The fraction of sp³-hybridized carbons (Fsp3) is 0.476. The Kier molecular flexibility index (Phi) is 5.23. The zero-order valence-electron chi connectivity index (χ0n) is 15.9. The Labute approximate surface area is 160 Å². The predicted molar refractivity (Wildman–Crippen MR) is 107 cm³/mol. The molecule has 2 aromatic rings. The van der Waals surface area contributed by atoms with Crippen LogP contribution in [0, 0.1) is 5.92 Å². The number of nitrogens with zero attached hydrogens (tertiary/aromatic N) is 5. The molecule has 0 N–H and O–H groups in total. The van der Waals surface area contributed by atoms with Crippen molar-refractivity contribution in [2.75, 3.05) is 49.1 Å². The van der Waals surface area contributed by atoms with Gasteiger partial charge in [-0.2, -0.15) is 0 Å². The lowest BCUT2D eigenvalue weighted by atomic mass is 10.00. The Bertz CT molecular complexity index is 773. The molecular formula is C21H27N5O. The fourth-order valence-corrected chi connectivity index (χ4v) is 4.01. The molecule has 0 spiro atoms. The smallest absolute Gasteiger partial charge is 0.255 e. The minimum atomic E-state index is 0.114. The number of hydrogen-bond donors (Lipinski definition) is 0. The summed E-state index contributed by atoms with van der Waals surface area (Å²) in [5.74, 6) is 1.72. The molecule has 2 aromatic heterocycles. The van der Waals surface area contributed by atoms with Crippen LogP contribution in [0.15, 0.2) is 42.9 Å². The first-order valence-corrected chi connectivity index (χ1v) is 9.86. The summed E-state index contributed by atoms with van der Waals surface area (Å²) in [6.45, 7) is 7.56. The first-order chi connectivity index (χ1) is 13.2. The van der Waals surface area contributed by atoms with Gasteiger partial charge in [0.05, 0.1) is 17.4 Å². The standard InChI is InChI=1S/C21H27N5O/c1-17-5-4-8-26(16-17)21(27)18-13-19(15-22-14-18)24-9-11-25(12-10-24)20-6-2-3-7-23-20/h2-3,6-7,13-15,17H,4-5,8-12,16H2,1H3. The van der Waals surface area contributed by atoms with E-state index in [0.717, 1.165) is 57.2 Å². The highest BCUT2D eigenvalue weighted by Gasteiger charge is 2.24. The van der Waals surface area contributed by atoms with Crippen molar-refractivity contribution < 1.29 is 4.79 Å². The molecule has 0 aromatic carbocycles. The molecule has 0 radical (unpaired) electrons. The summed E-state index contributed by atoms with van der Waals surface area (Å²) in [5, 5.41) is 0. The van der Waals surface area contributed by atoms with Crippen LogP contribution in [-0.2, 0) is 0 Å². The van der Waals surface area contributed by atoms with Crippen LogP contribution in [-0.4, -0.2) is 60.0 Å². The number of piperidine rings is 1. The van der Waals surface area contributed by atoms with E-state index >= 15 is 0 Å². The molecule has 2 fully saturated rings. The molecule has 2 saturated heterocycles. The highest BCUT2D eigenvalue weighted by atomic mass is 16.2. The molecule has 6 heteroatoms. The van der Waals surface area contributed by atoms with E-state index in [-0.39, 0.29) is 5.91 Å². The van der Waals surface area contributed by atoms with Crippen LogP contribution >= 0.6 is 0 Å². The molecule has 0 saturated carbocycles. The third-order valence-corrected chi connectivity index (χ3v) is 5.53. The van der Waals surface area contributed by atoms with Crippen LogP contribution in [0.5, 0.6) is 0 Å². The normalized spacial score (nSPS) is 20.6. The SMILES string of the molecule is CC1CCCN(C(=O)c2cncc(N3CCN(c4ccccn4)CC3)c2)C1. The van der Waals surface area contributed by atoms with Crippen molar-refractivity contribution in [3.8, 4) is 0 Å². The van der Waals surface area contributed by atoms with Crippen molar-refractivity contribution >= 4 is 17.4 Å². The molecule has 0 aliphatic carbocycles. The van der Waals surface area contributed by atoms with Crippen molar-refractivity contribution in [1.82, 2.24) is 14.9 Å². The van der Waals surface area contributed by atoms with E-state index in [1.54, 1.807) is 6.20 Å². The van der Waals surface area contributed by atoms with Gasteiger partial charge >= 0.3 is 0 Å². The van der Waals surface area contributed by atoms with Crippen LogP contribution in [0.1, 0.15) is 30.1 Å². The molecule has 1 unspecified atom stereocenters. The van der Waals surface area contributed by atoms with E-state index in [2.05, 4.69) is 32.8 Å². The summed E-state index contributed by atoms with van der Waals surface area (Å²) >= 11 is 0. The number of carbonyl (C=O) groups is 1. The van der Waals surface area contributed by atoms with Crippen LogP contribution in [0.2, 0.25) is 0 Å². The number of pyridine rings is 2. The van der Waals surface area contributed by atoms with Crippen molar-refractivity contribution in [3.05, 3.63) is 48.4 Å². The van der Waals surface area contributed by atoms with Gasteiger partial charge in [-0.1, -0.05) is 13.0 Å². The Morgan fingerprint density at radius 2 is 1.89 bits per heavy atom. The van der Waals surface area contributed by atoms with E-state index in [9.17, 15) is 4.79 Å². The summed E-state index contributed by atoms with van der Waals surface area (Å²) in [5.41, 5.74) is 1.74. The second-order valence-corrected chi connectivity index (χ2v) is 7.59. The van der Waals surface area contributed by atoms with Crippen molar-refractivity contribution in [2.24, 2.45) is 5.92 Å². The summed E-state index contributed by atoms with van der Waals surface area (Å²) in [7, 11) is 0. The molecule has 4 heterocycles. The molecule has 2 aliphatic heterocycles. The van der Waals surface area contributed by atoms with E-state index in [1.165, 1.54) is 6.42 Å². The second-order valence-electron chi connectivity index (χ2n) is 7.59. The maximum absolute atomic E-state index is 12.9. The number of hydrogen-bond acceptors (Lipinski definition) is 5. The predicted octanol–water partition coefficient (Wildman–Crippen LogP) is 2.68. The Morgan fingerprint density at radius 1 is 1.07 bits per heavy atom. The maximum atomic E-state index is 12.9. The minimum Gasteiger partial charge on any atom is -0.367 e. The van der Waals surface area contributed by atoms with Crippen molar-refractivity contribution in [3.63, 3.8) is 0 Å². The molecule has 0 bridgehead atoms. The third-order valence-electron chi connectivity index (χ3n) is 5.53. The van der Waals surface area contributed by atoms with Gasteiger partial charge in [-0.3, -0.25) is 9.78 Å². The van der Waals surface area contributed by atoms with Gasteiger partial charge in [-0.15, -0.1) is 0 Å². The van der Waals surface area contributed by atoms with Gasteiger partial charge in [0.2, 0.25) is 0 Å². The monoisotopic (exact) mass is 365 g/mol. The second kappa shape index (κ2) is 7.94. The number of piperazine rings is 1. The topological polar surface area (TPSA) is 52.6 Å². The molecule has 1 atom stereocenters. The number of anilines is 2. The molecule has 4 rings (SSSR count).